The molecule has 0 atom stereocenters. The van der Waals surface area contributed by atoms with Crippen molar-refractivity contribution >= 4 is 45.8 Å². The van der Waals surface area contributed by atoms with Gasteiger partial charge in [-0.1, -0.05) is 23.2 Å². The summed E-state index contributed by atoms with van der Waals surface area (Å²) in [6, 6.07) is 4.11. The van der Waals surface area contributed by atoms with Crippen molar-refractivity contribution < 1.29 is 9.18 Å². The van der Waals surface area contributed by atoms with Gasteiger partial charge in [0.1, 0.15) is 5.82 Å². The number of nitrogens with one attached hydrogen (secondary N) is 1. The standard InChI is InChI=1S/C16H13Cl2FN4O/c1-8(2)23-15-9(6-21-23)3-10(7-20-15)22-16(24)11-4-14(19)13(18)5-12(11)17/h3-8H,1-2H3,(H,22,24). The summed E-state index contributed by atoms with van der Waals surface area (Å²) < 4.78 is 15.3. The average Bonchev–Trinajstić information content (AvgIpc) is 2.94. The minimum atomic E-state index is -0.710. The fourth-order valence-corrected chi connectivity index (χ4v) is 2.75. The van der Waals surface area contributed by atoms with Gasteiger partial charge in [-0.2, -0.15) is 5.10 Å². The van der Waals surface area contributed by atoms with E-state index in [1.54, 1.807) is 16.9 Å². The largest absolute Gasteiger partial charge is 0.321 e. The number of benzene rings is 1. The van der Waals surface area contributed by atoms with E-state index in [1.807, 2.05) is 13.8 Å². The molecule has 5 nitrogen and oxygen atoms in total. The second-order valence-corrected chi connectivity index (χ2v) is 6.33. The lowest BCUT2D eigenvalue weighted by molar-refractivity contribution is 0.102. The molecule has 0 unspecified atom stereocenters. The molecule has 0 aliphatic heterocycles. The van der Waals surface area contributed by atoms with Crippen molar-refractivity contribution in [2.75, 3.05) is 5.32 Å². The zero-order chi connectivity index (χ0) is 17.4. The van der Waals surface area contributed by atoms with Crippen molar-refractivity contribution in [1.29, 1.82) is 0 Å². The molecule has 0 aliphatic carbocycles. The SMILES string of the molecule is CC(C)n1ncc2cc(NC(=O)c3cc(F)c(Cl)cc3Cl)cnc21. The first-order valence-corrected chi connectivity index (χ1v) is 7.91. The van der Waals surface area contributed by atoms with Gasteiger partial charge in [0.2, 0.25) is 0 Å². The van der Waals surface area contributed by atoms with Gasteiger partial charge in [-0.05, 0) is 32.0 Å². The summed E-state index contributed by atoms with van der Waals surface area (Å²) in [5, 5.41) is 7.63. The molecule has 0 saturated carbocycles. The van der Waals surface area contributed by atoms with Crippen molar-refractivity contribution in [2.45, 2.75) is 19.9 Å². The van der Waals surface area contributed by atoms with E-state index in [2.05, 4.69) is 15.4 Å². The van der Waals surface area contributed by atoms with Gasteiger partial charge in [0, 0.05) is 11.4 Å². The summed E-state index contributed by atoms with van der Waals surface area (Å²) in [4.78, 5) is 16.6. The number of amides is 1. The van der Waals surface area contributed by atoms with Crippen molar-refractivity contribution in [3.63, 3.8) is 0 Å². The van der Waals surface area contributed by atoms with E-state index in [4.69, 9.17) is 23.2 Å². The summed E-state index contributed by atoms with van der Waals surface area (Å²) in [5.41, 5.74) is 1.18. The summed E-state index contributed by atoms with van der Waals surface area (Å²) in [5.74, 6) is -1.26. The predicted molar refractivity (Wildman–Crippen MR) is 92.3 cm³/mol. The lowest BCUT2D eigenvalue weighted by atomic mass is 10.2. The van der Waals surface area contributed by atoms with Gasteiger partial charge < -0.3 is 5.32 Å². The Morgan fingerprint density at radius 2 is 1.96 bits per heavy atom. The van der Waals surface area contributed by atoms with Crippen LogP contribution in [0.15, 0.2) is 30.6 Å². The highest BCUT2D eigenvalue weighted by Gasteiger charge is 2.15. The highest BCUT2D eigenvalue weighted by molar-refractivity contribution is 6.37. The molecule has 2 heterocycles. The Morgan fingerprint density at radius 1 is 1.21 bits per heavy atom. The molecule has 0 spiro atoms. The number of pyridine rings is 1. The van der Waals surface area contributed by atoms with Crippen molar-refractivity contribution in [2.24, 2.45) is 0 Å². The highest BCUT2D eigenvalue weighted by atomic mass is 35.5. The van der Waals surface area contributed by atoms with Crippen LogP contribution in [0.25, 0.3) is 11.0 Å². The maximum Gasteiger partial charge on any atom is 0.257 e. The molecule has 3 rings (SSSR count). The molecule has 3 aromatic rings. The van der Waals surface area contributed by atoms with E-state index in [0.717, 1.165) is 17.1 Å². The molecule has 0 bridgehead atoms. The van der Waals surface area contributed by atoms with Crippen LogP contribution in [-0.2, 0) is 0 Å². The van der Waals surface area contributed by atoms with Gasteiger partial charge in [0.25, 0.3) is 5.91 Å². The van der Waals surface area contributed by atoms with Crippen LogP contribution in [0.5, 0.6) is 0 Å². The molecule has 24 heavy (non-hydrogen) atoms. The van der Waals surface area contributed by atoms with Crippen molar-refractivity contribution in [1.82, 2.24) is 14.8 Å². The molecule has 124 valence electrons. The van der Waals surface area contributed by atoms with Crippen LogP contribution < -0.4 is 5.32 Å². The van der Waals surface area contributed by atoms with E-state index in [9.17, 15) is 9.18 Å². The fourth-order valence-electron chi connectivity index (χ4n) is 2.28. The minimum absolute atomic E-state index is 0.00320. The monoisotopic (exact) mass is 366 g/mol. The number of carbonyl (C=O) groups is 1. The van der Waals surface area contributed by atoms with Gasteiger partial charge in [0.15, 0.2) is 5.65 Å². The summed E-state index contributed by atoms with van der Waals surface area (Å²) in [6.07, 6.45) is 3.19. The number of hydrogen-bond donors (Lipinski definition) is 1. The van der Waals surface area contributed by atoms with Gasteiger partial charge in [-0.3, -0.25) is 4.79 Å². The zero-order valence-electron chi connectivity index (χ0n) is 12.8. The second-order valence-electron chi connectivity index (χ2n) is 5.52. The normalized spacial score (nSPS) is 11.2. The van der Waals surface area contributed by atoms with Crippen molar-refractivity contribution in [3.05, 3.63) is 52.0 Å². The third-order valence-electron chi connectivity index (χ3n) is 3.43. The highest BCUT2D eigenvalue weighted by Crippen LogP contribution is 2.25. The van der Waals surface area contributed by atoms with E-state index >= 15 is 0 Å². The first-order chi connectivity index (χ1) is 11.4. The molecule has 0 radical (unpaired) electrons. The summed E-state index contributed by atoms with van der Waals surface area (Å²) in [6.45, 7) is 4.00. The molecule has 0 saturated heterocycles. The number of rotatable bonds is 3. The quantitative estimate of drug-likeness (QED) is 0.682. The molecule has 1 amide bonds. The van der Waals surface area contributed by atoms with E-state index in [0.29, 0.717) is 5.69 Å². The Balaban J connectivity index is 1.90. The van der Waals surface area contributed by atoms with Gasteiger partial charge in [-0.25, -0.2) is 14.1 Å². The van der Waals surface area contributed by atoms with Crippen LogP contribution in [0.1, 0.15) is 30.2 Å². The Bertz CT molecular complexity index is 939. The first-order valence-electron chi connectivity index (χ1n) is 7.16. The molecule has 0 aliphatic rings. The van der Waals surface area contributed by atoms with Crippen LogP contribution in [0.4, 0.5) is 10.1 Å². The maximum atomic E-state index is 13.6. The average molecular weight is 367 g/mol. The Hall–Kier alpha value is -2.18. The number of carbonyl (C=O) groups excluding carboxylic acids is 1. The number of aromatic nitrogens is 3. The van der Waals surface area contributed by atoms with Crippen molar-refractivity contribution in [3.8, 4) is 0 Å². The summed E-state index contributed by atoms with van der Waals surface area (Å²) in [7, 11) is 0. The molecule has 1 N–H and O–H groups in total. The van der Waals surface area contributed by atoms with Gasteiger partial charge in [-0.15, -0.1) is 0 Å². The minimum Gasteiger partial charge on any atom is -0.321 e. The molecule has 1 aromatic carbocycles. The number of anilines is 1. The van der Waals surface area contributed by atoms with Crippen LogP contribution >= 0.6 is 23.2 Å². The smallest absolute Gasteiger partial charge is 0.257 e. The Labute approximate surface area is 147 Å². The Kier molecular flexibility index (Phi) is 4.43. The third-order valence-corrected chi connectivity index (χ3v) is 4.04. The predicted octanol–water partition coefficient (Wildman–Crippen LogP) is 4.71. The molecule has 0 fully saturated rings. The number of halogens is 3. The van der Waals surface area contributed by atoms with Crippen LogP contribution in [0.3, 0.4) is 0 Å². The summed E-state index contributed by atoms with van der Waals surface area (Å²) >= 11 is 11.6. The second kappa shape index (κ2) is 6.37. The first kappa shape index (κ1) is 16.7. The van der Waals surface area contributed by atoms with E-state index in [1.165, 1.54) is 12.3 Å². The Morgan fingerprint density at radius 3 is 2.67 bits per heavy atom. The number of nitrogens with zero attached hydrogens (tertiary/aromatic N) is 3. The third kappa shape index (κ3) is 3.07. The number of fused-ring (bicyclic) bond motifs is 1. The molecule has 2 aromatic heterocycles. The fraction of sp³-hybridized carbons (Fsp3) is 0.188. The lowest BCUT2D eigenvalue weighted by Gasteiger charge is -2.09. The maximum absolute atomic E-state index is 13.6. The van der Waals surface area contributed by atoms with Crippen LogP contribution in [-0.4, -0.2) is 20.7 Å². The van der Waals surface area contributed by atoms with Crippen LogP contribution in [0, 0.1) is 5.82 Å². The van der Waals surface area contributed by atoms with E-state index < -0.39 is 11.7 Å². The van der Waals surface area contributed by atoms with E-state index in [-0.39, 0.29) is 21.7 Å². The topological polar surface area (TPSA) is 59.8 Å². The molecule has 8 heteroatoms. The molecular formula is C16H13Cl2FN4O. The molecular weight excluding hydrogens is 354 g/mol. The lowest BCUT2D eigenvalue weighted by Crippen LogP contribution is -2.13. The van der Waals surface area contributed by atoms with Gasteiger partial charge in [0.05, 0.1) is 33.7 Å². The van der Waals surface area contributed by atoms with Crippen LogP contribution in [0.2, 0.25) is 10.0 Å². The van der Waals surface area contributed by atoms with Gasteiger partial charge >= 0.3 is 0 Å². The number of hydrogen-bond acceptors (Lipinski definition) is 3. The zero-order valence-corrected chi connectivity index (χ0v) is 14.4.